The predicted molar refractivity (Wildman–Crippen MR) is 51.2 cm³/mol. The lowest BCUT2D eigenvalue weighted by atomic mass is 10.7. The molecule has 0 aliphatic carbocycles. The van der Waals surface area contributed by atoms with Crippen LogP contribution in [-0.4, -0.2) is 30.0 Å². The molecule has 0 aromatic carbocycles. The van der Waals surface area contributed by atoms with Crippen LogP contribution in [0, 0.1) is 0 Å². The Hall–Kier alpha value is -0.740. The summed E-state index contributed by atoms with van der Waals surface area (Å²) in [4.78, 5) is 0. The van der Waals surface area contributed by atoms with Crippen molar-refractivity contribution in [2.24, 2.45) is 0 Å². The van der Waals surface area contributed by atoms with Crippen molar-refractivity contribution in [2.75, 3.05) is 13.2 Å². The molecule has 0 heterocycles. The van der Waals surface area contributed by atoms with Gasteiger partial charge in [-0.3, -0.25) is 0 Å². The van der Waals surface area contributed by atoms with Gasteiger partial charge in [-0.1, -0.05) is 12.2 Å². The van der Waals surface area contributed by atoms with E-state index in [2.05, 4.69) is 25.2 Å². The van der Waals surface area contributed by atoms with Gasteiger partial charge in [-0.05, 0) is 0 Å². The lowest BCUT2D eigenvalue weighted by Crippen LogP contribution is -2.18. The molecule has 0 aliphatic rings. The van der Waals surface area contributed by atoms with Crippen molar-refractivity contribution >= 4 is 20.8 Å². The molecule has 15 heavy (non-hydrogen) atoms. The first-order valence-corrected chi connectivity index (χ1v) is 6.21. The van der Waals surface area contributed by atoms with Crippen LogP contribution in [0.25, 0.3) is 0 Å². The molecule has 9 heteroatoms. The van der Waals surface area contributed by atoms with E-state index >= 15 is 0 Å². The van der Waals surface area contributed by atoms with Crippen molar-refractivity contribution < 1.29 is 28.8 Å². The average Bonchev–Trinajstić information content (AvgIpc) is 2.10. The number of rotatable bonds is 8. The first kappa shape index (κ1) is 14.3. The van der Waals surface area contributed by atoms with Crippen LogP contribution in [-0.2, 0) is 32.8 Å². The standard InChI is InChI=1S/C6H10O7S2/c1-3-5-11-14(7,8)13-15(9,10)12-6-4-2/h3-4H,1-2,5-6H2. The average molecular weight is 258 g/mol. The van der Waals surface area contributed by atoms with Gasteiger partial charge in [-0.15, -0.1) is 16.8 Å². The second-order valence-corrected chi connectivity index (χ2v) is 4.68. The van der Waals surface area contributed by atoms with Gasteiger partial charge in [0, 0.05) is 0 Å². The van der Waals surface area contributed by atoms with E-state index in [4.69, 9.17) is 0 Å². The van der Waals surface area contributed by atoms with Crippen LogP contribution in [0.2, 0.25) is 0 Å². The first-order chi connectivity index (χ1) is 6.83. The smallest absolute Gasteiger partial charge is 0.243 e. The molecule has 0 spiro atoms. The molecule has 0 fully saturated rings. The molecule has 0 N–H and O–H groups in total. The van der Waals surface area contributed by atoms with E-state index in [0.717, 1.165) is 12.2 Å². The highest BCUT2D eigenvalue weighted by molar-refractivity contribution is 7.95. The van der Waals surface area contributed by atoms with Gasteiger partial charge in [0.1, 0.15) is 0 Å². The summed E-state index contributed by atoms with van der Waals surface area (Å²) in [6, 6.07) is 0. The van der Waals surface area contributed by atoms with Gasteiger partial charge in [0.05, 0.1) is 13.2 Å². The van der Waals surface area contributed by atoms with Gasteiger partial charge in [0.2, 0.25) is 0 Å². The maximum atomic E-state index is 10.8. The number of hydrogen-bond acceptors (Lipinski definition) is 7. The summed E-state index contributed by atoms with van der Waals surface area (Å²) < 4.78 is 54.9. The van der Waals surface area contributed by atoms with Crippen LogP contribution in [0.4, 0.5) is 0 Å². The van der Waals surface area contributed by atoms with E-state index in [1.165, 1.54) is 0 Å². The minimum Gasteiger partial charge on any atom is -0.243 e. The van der Waals surface area contributed by atoms with Gasteiger partial charge in [0.15, 0.2) is 0 Å². The molecule has 0 saturated heterocycles. The van der Waals surface area contributed by atoms with Crippen molar-refractivity contribution in [3.05, 3.63) is 25.3 Å². The Balaban J connectivity index is 4.44. The molecule has 0 atom stereocenters. The Labute approximate surface area is 88.6 Å². The van der Waals surface area contributed by atoms with Crippen molar-refractivity contribution in [2.45, 2.75) is 0 Å². The van der Waals surface area contributed by atoms with Crippen LogP contribution >= 0.6 is 0 Å². The maximum Gasteiger partial charge on any atom is 0.416 e. The van der Waals surface area contributed by atoms with E-state index < -0.39 is 34.0 Å². The van der Waals surface area contributed by atoms with Crippen molar-refractivity contribution in [3.63, 3.8) is 0 Å². The zero-order chi connectivity index (χ0) is 11.9. The summed E-state index contributed by atoms with van der Waals surface area (Å²) in [6.07, 6.45) is 2.22. The normalized spacial score (nSPS) is 12.3. The molecule has 0 aliphatic heterocycles. The fourth-order valence-electron chi connectivity index (χ4n) is 0.404. The van der Waals surface area contributed by atoms with Crippen molar-refractivity contribution in [1.82, 2.24) is 0 Å². The monoisotopic (exact) mass is 258 g/mol. The van der Waals surface area contributed by atoms with Gasteiger partial charge in [-0.25, -0.2) is 8.37 Å². The second kappa shape index (κ2) is 5.98. The summed E-state index contributed by atoms with van der Waals surface area (Å²) in [5.41, 5.74) is 0. The number of hydrogen-bond donors (Lipinski definition) is 0. The Morgan fingerprint density at radius 3 is 1.47 bits per heavy atom. The molecule has 0 unspecified atom stereocenters. The lowest BCUT2D eigenvalue weighted by molar-refractivity contribution is 0.263. The summed E-state index contributed by atoms with van der Waals surface area (Å²) in [6.45, 7) is 5.53. The summed E-state index contributed by atoms with van der Waals surface area (Å²) >= 11 is 0. The van der Waals surface area contributed by atoms with Crippen molar-refractivity contribution in [3.8, 4) is 0 Å². The topological polar surface area (TPSA) is 96.0 Å². The molecule has 7 nitrogen and oxygen atoms in total. The SMILES string of the molecule is C=CCOS(=O)(=O)OS(=O)(=O)OCC=C. The maximum absolute atomic E-state index is 10.8. The van der Waals surface area contributed by atoms with E-state index in [-0.39, 0.29) is 0 Å². The minimum absolute atomic E-state index is 0.403. The molecule has 0 aromatic rings. The lowest BCUT2D eigenvalue weighted by Gasteiger charge is -2.03. The van der Waals surface area contributed by atoms with Crippen molar-refractivity contribution in [1.29, 1.82) is 0 Å². The Morgan fingerprint density at radius 1 is 0.867 bits per heavy atom. The van der Waals surface area contributed by atoms with E-state index in [1.807, 2.05) is 0 Å². The summed E-state index contributed by atoms with van der Waals surface area (Å²) in [7, 11) is -9.30. The third-order valence-corrected chi connectivity index (χ3v) is 3.01. The molecule has 0 aromatic heterocycles. The predicted octanol–water partition coefficient (Wildman–Crippen LogP) is -0.102. The summed E-state index contributed by atoms with van der Waals surface area (Å²) in [5.74, 6) is 0. The molecular formula is C6H10O7S2. The second-order valence-electron chi connectivity index (χ2n) is 2.03. The van der Waals surface area contributed by atoms with Crippen LogP contribution < -0.4 is 0 Å². The zero-order valence-corrected chi connectivity index (χ0v) is 9.29. The van der Waals surface area contributed by atoms with Crippen LogP contribution in [0.15, 0.2) is 25.3 Å². The van der Waals surface area contributed by atoms with E-state index in [0.29, 0.717) is 0 Å². The molecule has 88 valence electrons. The molecule has 0 bridgehead atoms. The third kappa shape index (κ3) is 7.22. The molecule has 0 amide bonds. The van der Waals surface area contributed by atoms with E-state index in [1.54, 1.807) is 0 Å². The molecule has 0 rings (SSSR count). The first-order valence-electron chi connectivity index (χ1n) is 3.54. The van der Waals surface area contributed by atoms with Gasteiger partial charge < -0.3 is 0 Å². The fraction of sp³-hybridized carbons (Fsp3) is 0.333. The van der Waals surface area contributed by atoms with Gasteiger partial charge in [-0.2, -0.15) is 16.8 Å². The Morgan fingerprint density at radius 2 is 1.20 bits per heavy atom. The minimum atomic E-state index is -4.65. The highest BCUT2D eigenvalue weighted by atomic mass is 32.3. The van der Waals surface area contributed by atoms with Crippen LogP contribution in [0.1, 0.15) is 0 Å². The largest absolute Gasteiger partial charge is 0.416 e. The third-order valence-electron chi connectivity index (χ3n) is 0.827. The highest BCUT2D eigenvalue weighted by Crippen LogP contribution is 2.05. The fourth-order valence-corrected chi connectivity index (χ4v) is 2.06. The molecule has 0 saturated carbocycles. The van der Waals surface area contributed by atoms with Crippen LogP contribution in [0.3, 0.4) is 0 Å². The van der Waals surface area contributed by atoms with E-state index in [9.17, 15) is 16.8 Å². The molecular weight excluding hydrogens is 248 g/mol. The molecule has 0 radical (unpaired) electrons. The van der Waals surface area contributed by atoms with Crippen LogP contribution in [0.5, 0.6) is 0 Å². The van der Waals surface area contributed by atoms with Gasteiger partial charge in [0.25, 0.3) is 0 Å². The quantitative estimate of drug-likeness (QED) is 0.561. The van der Waals surface area contributed by atoms with Gasteiger partial charge >= 0.3 is 20.8 Å². The zero-order valence-electron chi connectivity index (χ0n) is 7.66. The Bertz CT molecular complexity index is 365. The Kier molecular flexibility index (Phi) is 5.68. The summed E-state index contributed by atoms with van der Waals surface area (Å²) in [5, 5.41) is 0. The highest BCUT2D eigenvalue weighted by Gasteiger charge is 2.23.